The first-order chi connectivity index (χ1) is 17.6. The molecule has 0 bridgehead atoms. The molecule has 1 unspecified atom stereocenters. The molecule has 11 heteroatoms. The summed E-state index contributed by atoms with van der Waals surface area (Å²) in [5, 5.41) is 5.17. The van der Waals surface area contributed by atoms with Crippen LogP contribution in [0.15, 0.2) is 82.2 Å². The quantitative estimate of drug-likeness (QED) is 0.405. The van der Waals surface area contributed by atoms with Crippen molar-refractivity contribution in [1.29, 1.82) is 0 Å². The highest BCUT2D eigenvalue weighted by Crippen LogP contribution is 2.28. The van der Waals surface area contributed by atoms with Gasteiger partial charge in [0.2, 0.25) is 15.9 Å². The number of hydrogen-bond donors (Lipinski definition) is 1. The summed E-state index contributed by atoms with van der Waals surface area (Å²) >= 11 is 3.34. The van der Waals surface area contributed by atoms with Crippen LogP contribution in [0.25, 0.3) is 0 Å². The van der Waals surface area contributed by atoms with E-state index in [0.717, 1.165) is 14.9 Å². The highest BCUT2D eigenvalue weighted by molar-refractivity contribution is 9.10. The molecule has 1 fully saturated rings. The second-order valence-electron chi connectivity index (χ2n) is 8.43. The highest BCUT2D eigenvalue weighted by Gasteiger charge is 2.44. The van der Waals surface area contributed by atoms with E-state index in [1.54, 1.807) is 60.7 Å². The van der Waals surface area contributed by atoms with Gasteiger partial charge in [0.05, 0.1) is 24.1 Å². The predicted molar refractivity (Wildman–Crippen MR) is 141 cm³/mol. The summed E-state index contributed by atoms with van der Waals surface area (Å²) in [6, 6.07) is 18.3. The molecule has 3 aromatic carbocycles. The highest BCUT2D eigenvalue weighted by atomic mass is 79.9. The molecule has 37 heavy (non-hydrogen) atoms. The Balaban J connectivity index is 1.62. The molecular weight excluding hydrogens is 562 g/mol. The van der Waals surface area contributed by atoms with E-state index in [2.05, 4.69) is 15.9 Å². The van der Waals surface area contributed by atoms with Crippen molar-refractivity contribution in [2.24, 2.45) is 5.14 Å². The van der Waals surface area contributed by atoms with Gasteiger partial charge in [0.25, 0.3) is 11.8 Å². The number of primary sulfonamides is 1. The molecule has 9 nitrogen and oxygen atoms in total. The molecule has 1 heterocycles. The van der Waals surface area contributed by atoms with Crippen LogP contribution in [0.3, 0.4) is 0 Å². The smallest absolute Gasteiger partial charge is 0.257 e. The van der Waals surface area contributed by atoms with E-state index in [9.17, 15) is 22.8 Å². The average Bonchev–Trinajstić information content (AvgIpc) is 3.17. The number of ether oxygens (including phenoxy) is 1. The zero-order chi connectivity index (χ0) is 26.7. The molecule has 0 radical (unpaired) electrons. The molecule has 0 saturated carbocycles. The summed E-state index contributed by atoms with van der Waals surface area (Å²) in [5.41, 5.74) is 1.50. The molecular formula is C26H24BrN3O6S. The lowest BCUT2D eigenvalue weighted by molar-refractivity contribution is -0.122. The van der Waals surface area contributed by atoms with Crippen LogP contribution in [0, 0.1) is 0 Å². The van der Waals surface area contributed by atoms with Crippen molar-refractivity contribution in [2.75, 3.05) is 18.6 Å². The molecule has 0 aliphatic carbocycles. The third-order valence-electron chi connectivity index (χ3n) is 6.07. The number of sulfonamides is 1. The van der Waals surface area contributed by atoms with Crippen molar-refractivity contribution in [3.8, 4) is 5.75 Å². The zero-order valence-corrected chi connectivity index (χ0v) is 22.2. The van der Waals surface area contributed by atoms with E-state index < -0.39 is 33.8 Å². The minimum Gasteiger partial charge on any atom is -0.497 e. The number of methoxy groups -OCH3 is 1. The Morgan fingerprint density at radius 1 is 1.03 bits per heavy atom. The van der Waals surface area contributed by atoms with E-state index in [1.807, 2.05) is 0 Å². The van der Waals surface area contributed by atoms with Gasteiger partial charge in [-0.15, -0.1) is 0 Å². The van der Waals surface area contributed by atoms with Gasteiger partial charge >= 0.3 is 0 Å². The molecule has 192 valence electrons. The fourth-order valence-corrected chi connectivity index (χ4v) is 4.89. The van der Waals surface area contributed by atoms with Crippen LogP contribution < -0.4 is 14.8 Å². The topological polar surface area (TPSA) is 127 Å². The van der Waals surface area contributed by atoms with Crippen molar-refractivity contribution >= 4 is 49.4 Å². The third kappa shape index (κ3) is 5.90. The van der Waals surface area contributed by atoms with Crippen LogP contribution in [-0.2, 0) is 26.0 Å². The van der Waals surface area contributed by atoms with Crippen LogP contribution in [0.2, 0.25) is 0 Å². The lowest BCUT2D eigenvalue weighted by atomic mass is 10.1. The van der Waals surface area contributed by atoms with Crippen LogP contribution in [0.1, 0.15) is 22.3 Å². The summed E-state index contributed by atoms with van der Waals surface area (Å²) in [6.45, 7) is 0.122. The molecule has 1 aliphatic rings. The number of halogens is 1. The molecule has 1 atom stereocenters. The van der Waals surface area contributed by atoms with Gasteiger partial charge in [-0.05, 0) is 72.6 Å². The molecule has 4 rings (SSSR count). The number of nitrogens with zero attached hydrogens (tertiary/aromatic N) is 2. The molecule has 3 aromatic rings. The van der Waals surface area contributed by atoms with E-state index in [-0.39, 0.29) is 17.9 Å². The van der Waals surface area contributed by atoms with Crippen molar-refractivity contribution < 1.29 is 27.5 Å². The summed E-state index contributed by atoms with van der Waals surface area (Å²) < 4.78 is 29.1. The Morgan fingerprint density at radius 2 is 1.65 bits per heavy atom. The molecule has 1 aliphatic heterocycles. The minimum absolute atomic E-state index is 0.0240. The first kappa shape index (κ1) is 26.5. The normalized spacial score (nSPS) is 15.6. The number of hydrogen-bond acceptors (Lipinski definition) is 6. The number of carbonyl (C=O) groups is 3. The van der Waals surface area contributed by atoms with E-state index in [0.29, 0.717) is 23.4 Å². The number of amides is 3. The minimum atomic E-state index is -3.83. The Labute approximate surface area is 223 Å². The summed E-state index contributed by atoms with van der Waals surface area (Å²) in [7, 11) is -2.32. The standard InChI is InChI=1S/C26H24BrN3O6S/c1-36-21-10-4-18(5-11-21)25(32)29(15-14-17-2-12-22(13-3-17)37(28,34)35)23-16-24(31)30(26(23)33)20-8-6-19(27)7-9-20/h2-13,23H,14-16H2,1H3,(H2,28,34,35). The molecule has 0 spiro atoms. The lowest BCUT2D eigenvalue weighted by Crippen LogP contribution is -2.46. The van der Waals surface area contributed by atoms with Crippen LogP contribution in [0.4, 0.5) is 5.69 Å². The average molecular weight is 586 g/mol. The SMILES string of the molecule is COc1ccc(C(=O)N(CCc2ccc(S(N)(=O)=O)cc2)C2CC(=O)N(c3ccc(Br)cc3)C2=O)cc1. The molecule has 3 amide bonds. The monoisotopic (exact) mass is 585 g/mol. The number of imide groups is 1. The van der Waals surface area contributed by atoms with Gasteiger partial charge < -0.3 is 9.64 Å². The lowest BCUT2D eigenvalue weighted by Gasteiger charge is -2.28. The van der Waals surface area contributed by atoms with Crippen LogP contribution >= 0.6 is 15.9 Å². The fourth-order valence-electron chi connectivity index (χ4n) is 4.11. The second-order valence-corrected chi connectivity index (χ2v) is 10.9. The largest absolute Gasteiger partial charge is 0.497 e. The van der Waals surface area contributed by atoms with Gasteiger partial charge in [-0.25, -0.2) is 18.5 Å². The molecule has 0 aromatic heterocycles. The van der Waals surface area contributed by atoms with Gasteiger partial charge in [0.15, 0.2) is 0 Å². The maximum atomic E-state index is 13.6. The zero-order valence-electron chi connectivity index (χ0n) is 19.8. The summed E-state index contributed by atoms with van der Waals surface area (Å²) in [4.78, 5) is 42.4. The maximum absolute atomic E-state index is 13.6. The third-order valence-corrected chi connectivity index (χ3v) is 7.53. The number of carbonyl (C=O) groups excluding carboxylic acids is 3. The summed E-state index contributed by atoms with van der Waals surface area (Å²) in [5.74, 6) is -0.722. The molecule has 1 saturated heterocycles. The van der Waals surface area contributed by atoms with Crippen molar-refractivity contribution in [2.45, 2.75) is 23.8 Å². The number of rotatable bonds is 8. The number of benzene rings is 3. The van der Waals surface area contributed by atoms with Gasteiger partial charge in [-0.1, -0.05) is 28.1 Å². The Kier molecular flexibility index (Phi) is 7.76. The van der Waals surface area contributed by atoms with Crippen LogP contribution in [0.5, 0.6) is 5.75 Å². The van der Waals surface area contributed by atoms with Crippen molar-refractivity contribution in [3.63, 3.8) is 0 Å². The number of nitrogens with two attached hydrogens (primary N) is 1. The number of anilines is 1. The Bertz CT molecular complexity index is 1420. The second kappa shape index (κ2) is 10.8. The van der Waals surface area contributed by atoms with Gasteiger partial charge in [-0.2, -0.15) is 0 Å². The van der Waals surface area contributed by atoms with Crippen LogP contribution in [-0.4, -0.2) is 50.7 Å². The first-order valence-corrected chi connectivity index (χ1v) is 13.6. The predicted octanol–water partition coefficient (Wildman–Crippen LogP) is 3.12. The van der Waals surface area contributed by atoms with E-state index in [4.69, 9.17) is 9.88 Å². The fraction of sp³-hybridized carbons (Fsp3) is 0.192. The maximum Gasteiger partial charge on any atom is 0.257 e. The Hall–Kier alpha value is -3.54. The van der Waals surface area contributed by atoms with E-state index in [1.165, 1.54) is 24.1 Å². The summed E-state index contributed by atoms with van der Waals surface area (Å²) in [6.07, 6.45) is 0.171. The van der Waals surface area contributed by atoms with Gasteiger partial charge in [0, 0.05) is 16.6 Å². The molecule has 2 N–H and O–H groups in total. The first-order valence-electron chi connectivity index (χ1n) is 11.3. The van der Waals surface area contributed by atoms with Gasteiger partial charge in [-0.3, -0.25) is 14.4 Å². The van der Waals surface area contributed by atoms with Crippen molar-refractivity contribution in [3.05, 3.63) is 88.4 Å². The van der Waals surface area contributed by atoms with E-state index >= 15 is 0 Å². The van der Waals surface area contributed by atoms with Gasteiger partial charge in [0.1, 0.15) is 11.8 Å². The Morgan fingerprint density at radius 3 is 2.22 bits per heavy atom. The van der Waals surface area contributed by atoms with Crippen molar-refractivity contribution in [1.82, 2.24) is 4.90 Å².